The molecule has 1 N–H and O–H groups in total. The number of H-pyrrole nitrogens is 1. The van der Waals surface area contributed by atoms with Gasteiger partial charge in [-0.05, 0) is 45.2 Å². The van der Waals surface area contributed by atoms with Gasteiger partial charge in [0.1, 0.15) is 17.9 Å². The summed E-state index contributed by atoms with van der Waals surface area (Å²) in [4.78, 5) is 30.4. The van der Waals surface area contributed by atoms with Crippen molar-refractivity contribution in [3.63, 3.8) is 0 Å². The van der Waals surface area contributed by atoms with E-state index in [2.05, 4.69) is 15.2 Å². The first kappa shape index (κ1) is 17.1. The fourth-order valence-corrected chi connectivity index (χ4v) is 3.13. The van der Waals surface area contributed by atoms with Crippen molar-refractivity contribution in [2.75, 3.05) is 6.54 Å². The summed E-state index contributed by atoms with van der Waals surface area (Å²) in [6.45, 7) is 3.91. The highest BCUT2D eigenvalue weighted by Gasteiger charge is 2.33. The summed E-state index contributed by atoms with van der Waals surface area (Å²) in [7, 11) is 0. The quantitative estimate of drug-likeness (QED) is 0.844. The van der Waals surface area contributed by atoms with E-state index in [0.717, 1.165) is 19.3 Å². The minimum Gasteiger partial charge on any atom is -0.481 e. The molecular weight excluding hydrogens is 320 g/mol. The third-order valence-electron chi connectivity index (χ3n) is 4.44. The summed E-state index contributed by atoms with van der Waals surface area (Å²) in [6, 6.07) is 6.79. The SMILES string of the molecule is CC(=O)c1cccc(O[C@@H](C)C(=O)N2CCCC[C@H]2c2ncn[nH]2)c1. The lowest BCUT2D eigenvalue weighted by Crippen LogP contribution is -2.45. The van der Waals surface area contributed by atoms with E-state index in [1.807, 2.05) is 4.90 Å². The Hall–Kier alpha value is -2.70. The number of carbonyl (C=O) groups excluding carboxylic acids is 2. The third-order valence-corrected chi connectivity index (χ3v) is 4.44. The maximum Gasteiger partial charge on any atom is 0.263 e. The Labute approximate surface area is 146 Å². The fourth-order valence-electron chi connectivity index (χ4n) is 3.13. The molecule has 2 heterocycles. The molecule has 1 saturated heterocycles. The first-order chi connectivity index (χ1) is 12.1. The summed E-state index contributed by atoms with van der Waals surface area (Å²) in [5, 5.41) is 6.76. The van der Waals surface area contributed by atoms with Crippen LogP contribution in [0.15, 0.2) is 30.6 Å². The van der Waals surface area contributed by atoms with Crippen LogP contribution in [-0.4, -0.2) is 44.4 Å². The molecule has 0 radical (unpaired) electrons. The Morgan fingerprint density at radius 2 is 2.20 bits per heavy atom. The summed E-state index contributed by atoms with van der Waals surface area (Å²) in [5.41, 5.74) is 0.564. The molecule has 3 rings (SSSR count). The van der Waals surface area contributed by atoms with Crippen LogP contribution in [-0.2, 0) is 4.79 Å². The molecule has 0 aliphatic carbocycles. The van der Waals surface area contributed by atoms with E-state index in [4.69, 9.17) is 4.74 Å². The summed E-state index contributed by atoms with van der Waals surface area (Å²) < 4.78 is 5.80. The van der Waals surface area contributed by atoms with Gasteiger partial charge in [0, 0.05) is 12.1 Å². The van der Waals surface area contributed by atoms with Gasteiger partial charge in [0.05, 0.1) is 6.04 Å². The number of hydrogen-bond donors (Lipinski definition) is 1. The highest BCUT2D eigenvalue weighted by Crippen LogP contribution is 2.29. The molecule has 0 saturated carbocycles. The van der Waals surface area contributed by atoms with Crippen molar-refractivity contribution in [1.82, 2.24) is 20.1 Å². The second-order valence-electron chi connectivity index (χ2n) is 6.26. The molecule has 1 fully saturated rings. The molecule has 0 bridgehead atoms. The maximum atomic E-state index is 12.9. The van der Waals surface area contributed by atoms with Gasteiger partial charge in [-0.25, -0.2) is 4.98 Å². The second kappa shape index (κ2) is 7.46. The van der Waals surface area contributed by atoms with Gasteiger partial charge in [-0.1, -0.05) is 12.1 Å². The number of carbonyl (C=O) groups is 2. The number of Topliss-reactive ketones (excluding diaryl/α,β-unsaturated/α-hetero) is 1. The molecule has 7 nitrogen and oxygen atoms in total. The predicted molar refractivity (Wildman–Crippen MR) is 91.2 cm³/mol. The Kier molecular flexibility index (Phi) is 5.11. The largest absolute Gasteiger partial charge is 0.481 e. The van der Waals surface area contributed by atoms with Crippen LogP contribution in [0.2, 0.25) is 0 Å². The predicted octanol–water partition coefficient (Wildman–Crippen LogP) is 2.53. The van der Waals surface area contributed by atoms with Crippen molar-refractivity contribution in [3.8, 4) is 5.75 Å². The monoisotopic (exact) mass is 342 g/mol. The molecule has 1 aliphatic heterocycles. The number of aromatic nitrogens is 3. The molecule has 2 aromatic rings. The molecule has 25 heavy (non-hydrogen) atoms. The van der Waals surface area contributed by atoms with E-state index in [0.29, 0.717) is 23.7 Å². The number of nitrogens with zero attached hydrogens (tertiary/aromatic N) is 3. The van der Waals surface area contributed by atoms with Crippen LogP contribution in [0.3, 0.4) is 0 Å². The molecular formula is C18H22N4O3. The lowest BCUT2D eigenvalue weighted by molar-refractivity contribution is -0.142. The fraction of sp³-hybridized carbons (Fsp3) is 0.444. The van der Waals surface area contributed by atoms with E-state index < -0.39 is 6.10 Å². The Morgan fingerprint density at radius 3 is 2.92 bits per heavy atom. The van der Waals surface area contributed by atoms with Crippen molar-refractivity contribution in [1.29, 1.82) is 0 Å². The lowest BCUT2D eigenvalue weighted by Gasteiger charge is -2.35. The normalized spacial score (nSPS) is 18.6. The van der Waals surface area contributed by atoms with Gasteiger partial charge < -0.3 is 9.64 Å². The number of likely N-dealkylation sites (tertiary alicyclic amines) is 1. The number of amides is 1. The van der Waals surface area contributed by atoms with Gasteiger partial charge in [-0.3, -0.25) is 14.7 Å². The Morgan fingerprint density at radius 1 is 1.36 bits per heavy atom. The number of nitrogens with one attached hydrogen (secondary N) is 1. The summed E-state index contributed by atoms with van der Waals surface area (Å²) in [6.07, 6.45) is 3.67. The molecule has 2 atom stereocenters. The second-order valence-corrected chi connectivity index (χ2v) is 6.26. The molecule has 132 valence electrons. The van der Waals surface area contributed by atoms with E-state index >= 15 is 0 Å². The van der Waals surface area contributed by atoms with E-state index in [1.165, 1.54) is 13.3 Å². The Balaban J connectivity index is 1.72. The highest BCUT2D eigenvalue weighted by molar-refractivity contribution is 5.94. The van der Waals surface area contributed by atoms with Crippen molar-refractivity contribution in [2.45, 2.75) is 45.3 Å². The highest BCUT2D eigenvalue weighted by atomic mass is 16.5. The van der Waals surface area contributed by atoms with Crippen LogP contribution in [0, 0.1) is 0 Å². The van der Waals surface area contributed by atoms with Gasteiger partial charge in [0.25, 0.3) is 5.91 Å². The lowest BCUT2D eigenvalue weighted by atomic mass is 10.0. The first-order valence-electron chi connectivity index (χ1n) is 8.49. The average molecular weight is 342 g/mol. The van der Waals surface area contributed by atoms with E-state index in [1.54, 1.807) is 31.2 Å². The molecule has 1 aliphatic rings. The molecule has 1 amide bonds. The van der Waals surface area contributed by atoms with Gasteiger partial charge in [-0.2, -0.15) is 5.10 Å². The zero-order valence-electron chi connectivity index (χ0n) is 14.4. The summed E-state index contributed by atoms with van der Waals surface area (Å²) in [5.74, 6) is 1.10. The van der Waals surface area contributed by atoms with Crippen LogP contribution >= 0.6 is 0 Å². The number of benzene rings is 1. The van der Waals surface area contributed by atoms with E-state index in [9.17, 15) is 9.59 Å². The Bertz CT molecular complexity index is 745. The van der Waals surface area contributed by atoms with Crippen LogP contribution in [0.25, 0.3) is 0 Å². The topological polar surface area (TPSA) is 88.2 Å². The van der Waals surface area contributed by atoms with Crippen LogP contribution in [0.5, 0.6) is 5.75 Å². The van der Waals surface area contributed by atoms with Crippen molar-refractivity contribution < 1.29 is 14.3 Å². The van der Waals surface area contributed by atoms with E-state index in [-0.39, 0.29) is 17.7 Å². The van der Waals surface area contributed by atoms with Gasteiger partial charge in [0.2, 0.25) is 0 Å². The van der Waals surface area contributed by atoms with Crippen molar-refractivity contribution >= 4 is 11.7 Å². The molecule has 0 unspecified atom stereocenters. The molecule has 7 heteroatoms. The number of rotatable bonds is 5. The molecule has 1 aromatic carbocycles. The molecule has 1 aromatic heterocycles. The van der Waals surface area contributed by atoms with Crippen LogP contribution in [0.1, 0.15) is 55.3 Å². The summed E-state index contributed by atoms with van der Waals surface area (Å²) >= 11 is 0. The molecule has 0 spiro atoms. The van der Waals surface area contributed by atoms with Gasteiger partial charge in [-0.15, -0.1) is 0 Å². The third kappa shape index (κ3) is 3.87. The minimum atomic E-state index is -0.647. The van der Waals surface area contributed by atoms with Gasteiger partial charge in [0.15, 0.2) is 11.9 Å². The number of ketones is 1. The zero-order valence-corrected chi connectivity index (χ0v) is 14.4. The van der Waals surface area contributed by atoms with Gasteiger partial charge >= 0.3 is 0 Å². The van der Waals surface area contributed by atoms with Crippen LogP contribution in [0.4, 0.5) is 0 Å². The minimum absolute atomic E-state index is 0.0363. The number of ether oxygens (including phenoxy) is 1. The smallest absolute Gasteiger partial charge is 0.263 e. The average Bonchev–Trinajstić information content (AvgIpc) is 3.15. The zero-order chi connectivity index (χ0) is 17.8. The number of piperidine rings is 1. The van der Waals surface area contributed by atoms with Crippen LogP contribution < -0.4 is 4.74 Å². The standard InChI is InChI=1S/C18H22N4O3/c1-12(23)14-6-5-7-15(10-14)25-13(2)18(24)22-9-4-3-8-16(22)17-19-11-20-21-17/h5-7,10-11,13,16H,3-4,8-9H2,1-2H3,(H,19,20,21)/t13-,16-/m0/s1. The first-order valence-corrected chi connectivity index (χ1v) is 8.49. The van der Waals surface area contributed by atoms with Crippen molar-refractivity contribution in [2.24, 2.45) is 0 Å². The number of aromatic amines is 1. The maximum absolute atomic E-state index is 12.9. The number of hydrogen-bond acceptors (Lipinski definition) is 5. The van der Waals surface area contributed by atoms with Crippen molar-refractivity contribution in [3.05, 3.63) is 42.0 Å².